The third-order valence-electron chi connectivity index (χ3n) is 2.18. The maximum Gasteiger partial charge on any atom is 0.0935 e. The van der Waals surface area contributed by atoms with Crippen molar-refractivity contribution in [3.05, 3.63) is 30.0 Å². The van der Waals surface area contributed by atoms with Gasteiger partial charge in [0.2, 0.25) is 0 Å². The number of rotatable bonds is 1. The number of hydrogen-bond acceptors (Lipinski definition) is 1. The van der Waals surface area contributed by atoms with Gasteiger partial charge in [-0.2, -0.15) is 5.10 Å². The molecule has 0 N–H and O–H groups in total. The van der Waals surface area contributed by atoms with Crippen molar-refractivity contribution in [2.24, 2.45) is 0 Å². The number of halogens is 1. The second-order valence-corrected chi connectivity index (χ2v) is 4.44. The van der Waals surface area contributed by atoms with E-state index < -0.39 is 0 Å². The molecular weight excluding hydrogens is 275 g/mol. The smallest absolute Gasteiger partial charge is 0.0935 e. The van der Waals surface area contributed by atoms with Gasteiger partial charge in [-0.15, -0.1) is 0 Å². The lowest BCUT2D eigenvalue weighted by Gasteiger charge is -2.04. The standard InChI is InChI=1S/C10H11IN2/c1-7(2)8-4-3-5-10-9(8)6-13(11)12-10/h3-7H,1-2H3. The Labute approximate surface area is 91.4 Å². The molecule has 1 aromatic carbocycles. The minimum atomic E-state index is 0.560. The van der Waals surface area contributed by atoms with E-state index in [1.165, 1.54) is 10.9 Å². The zero-order chi connectivity index (χ0) is 9.42. The summed E-state index contributed by atoms with van der Waals surface area (Å²) in [4.78, 5) is 0. The van der Waals surface area contributed by atoms with E-state index in [9.17, 15) is 0 Å². The van der Waals surface area contributed by atoms with E-state index in [2.05, 4.69) is 66.2 Å². The summed E-state index contributed by atoms with van der Waals surface area (Å²) in [6, 6.07) is 6.29. The van der Waals surface area contributed by atoms with Gasteiger partial charge >= 0.3 is 0 Å². The lowest BCUT2D eigenvalue weighted by molar-refractivity contribution is 0.876. The van der Waals surface area contributed by atoms with Crippen molar-refractivity contribution >= 4 is 33.8 Å². The summed E-state index contributed by atoms with van der Waals surface area (Å²) in [5.74, 6) is 0.560. The number of hydrogen-bond donors (Lipinski definition) is 0. The van der Waals surface area contributed by atoms with E-state index in [4.69, 9.17) is 0 Å². The lowest BCUT2D eigenvalue weighted by atomic mass is 10.00. The molecule has 13 heavy (non-hydrogen) atoms. The first-order valence-corrected chi connectivity index (χ1v) is 5.29. The topological polar surface area (TPSA) is 17.8 Å². The summed E-state index contributed by atoms with van der Waals surface area (Å²) < 4.78 is 1.84. The van der Waals surface area contributed by atoms with Gasteiger partial charge in [0.1, 0.15) is 0 Å². The van der Waals surface area contributed by atoms with Crippen molar-refractivity contribution in [2.75, 3.05) is 0 Å². The molecule has 0 aliphatic rings. The molecule has 2 nitrogen and oxygen atoms in total. The maximum atomic E-state index is 4.36. The quantitative estimate of drug-likeness (QED) is 0.735. The summed E-state index contributed by atoms with van der Waals surface area (Å²) >= 11 is 2.18. The van der Waals surface area contributed by atoms with Crippen LogP contribution in [0.15, 0.2) is 24.4 Å². The van der Waals surface area contributed by atoms with Crippen LogP contribution in [-0.2, 0) is 0 Å². The Morgan fingerprint density at radius 1 is 1.38 bits per heavy atom. The molecule has 0 unspecified atom stereocenters. The number of benzene rings is 1. The Kier molecular flexibility index (Phi) is 2.27. The van der Waals surface area contributed by atoms with Gasteiger partial charge in [0.25, 0.3) is 0 Å². The highest BCUT2D eigenvalue weighted by Crippen LogP contribution is 2.24. The highest BCUT2D eigenvalue weighted by atomic mass is 127. The van der Waals surface area contributed by atoms with Gasteiger partial charge in [-0.3, -0.25) is 0 Å². The van der Waals surface area contributed by atoms with E-state index >= 15 is 0 Å². The average Bonchev–Trinajstić information content (AvgIpc) is 2.43. The van der Waals surface area contributed by atoms with Crippen LogP contribution in [0.3, 0.4) is 0 Å². The average molecular weight is 286 g/mol. The first-order chi connectivity index (χ1) is 6.18. The van der Waals surface area contributed by atoms with Crippen molar-refractivity contribution in [1.29, 1.82) is 0 Å². The summed E-state index contributed by atoms with van der Waals surface area (Å²) in [5.41, 5.74) is 2.46. The van der Waals surface area contributed by atoms with Crippen molar-refractivity contribution in [3.63, 3.8) is 0 Å². The molecule has 0 atom stereocenters. The van der Waals surface area contributed by atoms with Gasteiger partial charge in [-0.25, -0.2) is 2.90 Å². The first-order valence-electron chi connectivity index (χ1n) is 4.33. The number of nitrogens with zero attached hydrogens (tertiary/aromatic N) is 2. The largest absolute Gasteiger partial charge is 0.210 e. The van der Waals surface area contributed by atoms with Crippen LogP contribution >= 0.6 is 22.9 Å². The normalized spacial score (nSPS) is 11.4. The molecule has 0 fully saturated rings. The van der Waals surface area contributed by atoms with Crippen molar-refractivity contribution < 1.29 is 0 Å². The van der Waals surface area contributed by atoms with E-state index in [1.54, 1.807) is 0 Å². The minimum Gasteiger partial charge on any atom is -0.210 e. The van der Waals surface area contributed by atoms with E-state index in [0.29, 0.717) is 5.92 Å². The van der Waals surface area contributed by atoms with Crippen LogP contribution in [0.4, 0.5) is 0 Å². The maximum absolute atomic E-state index is 4.36. The zero-order valence-corrected chi connectivity index (χ0v) is 9.82. The fourth-order valence-corrected chi connectivity index (χ4v) is 2.05. The molecule has 0 aliphatic heterocycles. The van der Waals surface area contributed by atoms with Crippen LogP contribution in [0, 0.1) is 0 Å². The predicted molar refractivity (Wildman–Crippen MR) is 63.2 cm³/mol. The number of aromatic nitrogens is 2. The molecule has 0 spiro atoms. The molecule has 2 rings (SSSR count). The van der Waals surface area contributed by atoms with E-state index in [1.807, 2.05) is 2.90 Å². The van der Waals surface area contributed by atoms with Crippen LogP contribution < -0.4 is 0 Å². The second kappa shape index (κ2) is 3.29. The zero-order valence-electron chi connectivity index (χ0n) is 7.66. The fraction of sp³-hybridized carbons (Fsp3) is 0.300. The molecule has 0 aliphatic carbocycles. The van der Waals surface area contributed by atoms with E-state index in [0.717, 1.165) is 5.52 Å². The Morgan fingerprint density at radius 2 is 2.15 bits per heavy atom. The molecular formula is C10H11IN2. The van der Waals surface area contributed by atoms with Gasteiger partial charge in [0.15, 0.2) is 0 Å². The lowest BCUT2D eigenvalue weighted by Crippen LogP contribution is -1.86. The minimum absolute atomic E-state index is 0.560. The van der Waals surface area contributed by atoms with Crippen LogP contribution in [0.25, 0.3) is 10.9 Å². The first kappa shape index (κ1) is 8.99. The summed E-state index contributed by atoms with van der Waals surface area (Å²) in [6.07, 6.45) is 2.07. The summed E-state index contributed by atoms with van der Waals surface area (Å²) in [5, 5.41) is 5.63. The Hall–Kier alpha value is -0.580. The SMILES string of the molecule is CC(C)c1cccc2nn(I)cc12. The van der Waals surface area contributed by atoms with E-state index in [-0.39, 0.29) is 0 Å². The molecule has 3 heteroatoms. The van der Waals surface area contributed by atoms with Gasteiger partial charge in [0.05, 0.1) is 28.4 Å². The Bertz CT molecular complexity index is 431. The Balaban J connectivity index is 2.75. The molecule has 0 amide bonds. The summed E-state index contributed by atoms with van der Waals surface area (Å²) in [7, 11) is 0. The third kappa shape index (κ3) is 1.57. The molecule has 0 saturated carbocycles. The fourth-order valence-electron chi connectivity index (χ4n) is 1.54. The van der Waals surface area contributed by atoms with Crippen LogP contribution in [0.2, 0.25) is 0 Å². The van der Waals surface area contributed by atoms with Gasteiger partial charge in [0, 0.05) is 11.6 Å². The molecule has 68 valence electrons. The number of fused-ring (bicyclic) bond motifs is 1. The second-order valence-electron chi connectivity index (χ2n) is 3.45. The monoisotopic (exact) mass is 286 g/mol. The van der Waals surface area contributed by atoms with Crippen LogP contribution in [0.1, 0.15) is 25.3 Å². The van der Waals surface area contributed by atoms with Crippen molar-refractivity contribution in [1.82, 2.24) is 7.99 Å². The third-order valence-corrected chi connectivity index (χ3v) is 2.67. The van der Waals surface area contributed by atoms with Gasteiger partial charge < -0.3 is 0 Å². The molecule has 1 aromatic heterocycles. The van der Waals surface area contributed by atoms with Crippen LogP contribution in [0.5, 0.6) is 0 Å². The van der Waals surface area contributed by atoms with Gasteiger partial charge in [-0.1, -0.05) is 26.0 Å². The highest BCUT2D eigenvalue weighted by molar-refractivity contribution is 14.1. The molecule has 1 heterocycles. The molecule has 0 bridgehead atoms. The summed E-state index contributed by atoms with van der Waals surface area (Å²) in [6.45, 7) is 4.42. The predicted octanol–water partition coefficient (Wildman–Crippen LogP) is 3.36. The van der Waals surface area contributed by atoms with Crippen LogP contribution in [-0.4, -0.2) is 7.99 Å². The Morgan fingerprint density at radius 3 is 2.85 bits per heavy atom. The molecule has 0 saturated heterocycles. The van der Waals surface area contributed by atoms with Crippen molar-refractivity contribution in [3.8, 4) is 0 Å². The molecule has 2 aromatic rings. The molecule has 0 radical (unpaired) electrons. The van der Waals surface area contributed by atoms with Gasteiger partial charge in [-0.05, 0) is 17.5 Å². The van der Waals surface area contributed by atoms with Crippen molar-refractivity contribution in [2.45, 2.75) is 19.8 Å². The highest BCUT2D eigenvalue weighted by Gasteiger charge is 2.06.